The van der Waals surface area contributed by atoms with E-state index < -0.39 is 0 Å². The highest BCUT2D eigenvalue weighted by Gasteiger charge is 2.30. The van der Waals surface area contributed by atoms with Crippen molar-refractivity contribution in [2.24, 2.45) is 11.8 Å². The van der Waals surface area contributed by atoms with E-state index in [0.717, 1.165) is 13.1 Å². The van der Waals surface area contributed by atoms with Crippen LogP contribution in [0.3, 0.4) is 0 Å². The standard InChI is InChI=1S/C6H12INO2/c7-8-1-5(3-9)6(2-8)4-10/h5-6,9-10H,1-4H2. The third kappa shape index (κ3) is 1.81. The Morgan fingerprint density at radius 3 is 1.90 bits per heavy atom. The van der Waals surface area contributed by atoms with Crippen LogP contribution in [0.1, 0.15) is 0 Å². The summed E-state index contributed by atoms with van der Waals surface area (Å²) in [6.07, 6.45) is 0. The fourth-order valence-corrected chi connectivity index (χ4v) is 2.31. The minimum atomic E-state index is 0.199. The third-order valence-corrected chi connectivity index (χ3v) is 2.79. The number of halogens is 1. The van der Waals surface area contributed by atoms with E-state index >= 15 is 0 Å². The smallest absolute Gasteiger partial charge is 0.0475 e. The lowest BCUT2D eigenvalue weighted by atomic mass is 9.98. The van der Waals surface area contributed by atoms with Crippen molar-refractivity contribution in [1.29, 1.82) is 0 Å². The second-order valence-electron chi connectivity index (χ2n) is 2.71. The molecule has 0 aromatic rings. The zero-order valence-electron chi connectivity index (χ0n) is 5.70. The molecule has 2 atom stereocenters. The number of rotatable bonds is 2. The number of aliphatic hydroxyl groups is 2. The fourth-order valence-electron chi connectivity index (χ4n) is 1.30. The Labute approximate surface area is 74.5 Å². The molecule has 1 aliphatic rings. The van der Waals surface area contributed by atoms with Crippen molar-refractivity contribution >= 4 is 22.9 Å². The van der Waals surface area contributed by atoms with Crippen molar-refractivity contribution in [3.8, 4) is 0 Å². The van der Waals surface area contributed by atoms with Gasteiger partial charge in [-0.15, -0.1) is 0 Å². The van der Waals surface area contributed by atoms with E-state index in [-0.39, 0.29) is 25.0 Å². The zero-order chi connectivity index (χ0) is 7.56. The molecule has 2 unspecified atom stereocenters. The zero-order valence-corrected chi connectivity index (χ0v) is 7.86. The van der Waals surface area contributed by atoms with Crippen LogP contribution in [0.15, 0.2) is 0 Å². The largest absolute Gasteiger partial charge is 0.396 e. The molecule has 0 bridgehead atoms. The highest BCUT2D eigenvalue weighted by atomic mass is 127. The topological polar surface area (TPSA) is 43.7 Å². The van der Waals surface area contributed by atoms with E-state index in [2.05, 4.69) is 26.0 Å². The fraction of sp³-hybridized carbons (Fsp3) is 1.00. The second kappa shape index (κ2) is 3.85. The second-order valence-corrected chi connectivity index (χ2v) is 4.08. The summed E-state index contributed by atoms with van der Waals surface area (Å²) in [7, 11) is 0. The molecule has 1 saturated heterocycles. The van der Waals surface area contributed by atoms with Crippen LogP contribution in [0.4, 0.5) is 0 Å². The molecule has 60 valence electrons. The summed E-state index contributed by atoms with van der Waals surface area (Å²) in [5.41, 5.74) is 0. The van der Waals surface area contributed by atoms with E-state index in [4.69, 9.17) is 10.2 Å². The maximum absolute atomic E-state index is 8.84. The average molecular weight is 257 g/mol. The summed E-state index contributed by atoms with van der Waals surface area (Å²) in [5, 5.41) is 17.7. The Bertz CT molecular complexity index is 99.9. The molecule has 1 fully saturated rings. The number of hydrogen-bond acceptors (Lipinski definition) is 3. The van der Waals surface area contributed by atoms with Gasteiger partial charge in [0.15, 0.2) is 0 Å². The molecule has 0 spiro atoms. The van der Waals surface area contributed by atoms with E-state index in [0.29, 0.717) is 0 Å². The Hall–Kier alpha value is 0.610. The van der Waals surface area contributed by atoms with Crippen LogP contribution in [-0.2, 0) is 0 Å². The van der Waals surface area contributed by atoms with Crippen LogP contribution in [0.5, 0.6) is 0 Å². The molecule has 0 aromatic heterocycles. The quantitative estimate of drug-likeness (QED) is 0.535. The SMILES string of the molecule is OCC1CN(I)CC1CO. The molecule has 4 heteroatoms. The van der Waals surface area contributed by atoms with Crippen LogP contribution >= 0.6 is 22.9 Å². The van der Waals surface area contributed by atoms with Crippen LogP contribution in [0, 0.1) is 11.8 Å². The van der Waals surface area contributed by atoms with Gasteiger partial charge in [-0.1, -0.05) is 0 Å². The summed E-state index contributed by atoms with van der Waals surface area (Å²) in [5.74, 6) is 0.559. The summed E-state index contributed by atoms with van der Waals surface area (Å²) in [6, 6.07) is 0. The van der Waals surface area contributed by atoms with Crippen LogP contribution in [0.25, 0.3) is 0 Å². The molecular formula is C6H12INO2. The van der Waals surface area contributed by atoms with Gasteiger partial charge < -0.3 is 10.2 Å². The van der Waals surface area contributed by atoms with Crippen LogP contribution in [0.2, 0.25) is 0 Å². The lowest BCUT2D eigenvalue weighted by Gasteiger charge is -2.11. The maximum atomic E-state index is 8.84. The highest BCUT2D eigenvalue weighted by Crippen LogP contribution is 2.24. The van der Waals surface area contributed by atoms with Crippen LogP contribution in [-0.4, -0.2) is 39.6 Å². The van der Waals surface area contributed by atoms with E-state index in [9.17, 15) is 0 Å². The monoisotopic (exact) mass is 257 g/mol. The molecule has 1 rings (SSSR count). The molecule has 0 amide bonds. The van der Waals surface area contributed by atoms with Gasteiger partial charge in [-0.05, 0) is 0 Å². The maximum Gasteiger partial charge on any atom is 0.0475 e. The first-order chi connectivity index (χ1) is 4.77. The van der Waals surface area contributed by atoms with E-state index in [1.165, 1.54) is 0 Å². The predicted molar refractivity (Wildman–Crippen MR) is 46.7 cm³/mol. The Morgan fingerprint density at radius 1 is 1.20 bits per heavy atom. The molecular weight excluding hydrogens is 245 g/mol. The molecule has 1 aliphatic heterocycles. The van der Waals surface area contributed by atoms with Gasteiger partial charge in [0, 0.05) is 61.0 Å². The van der Waals surface area contributed by atoms with Gasteiger partial charge in [0.25, 0.3) is 0 Å². The van der Waals surface area contributed by atoms with Gasteiger partial charge in [0.05, 0.1) is 0 Å². The molecule has 0 saturated carbocycles. The Morgan fingerprint density at radius 2 is 1.60 bits per heavy atom. The molecule has 0 aliphatic carbocycles. The molecule has 1 heterocycles. The highest BCUT2D eigenvalue weighted by molar-refractivity contribution is 14.1. The van der Waals surface area contributed by atoms with Crippen molar-refractivity contribution in [2.45, 2.75) is 0 Å². The van der Waals surface area contributed by atoms with Gasteiger partial charge in [0.2, 0.25) is 0 Å². The lowest BCUT2D eigenvalue weighted by molar-refractivity contribution is 0.152. The molecule has 0 radical (unpaired) electrons. The minimum Gasteiger partial charge on any atom is -0.396 e. The summed E-state index contributed by atoms with van der Waals surface area (Å²) >= 11 is 2.22. The molecule has 10 heavy (non-hydrogen) atoms. The molecule has 3 nitrogen and oxygen atoms in total. The van der Waals surface area contributed by atoms with Gasteiger partial charge in [-0.25, -0.2) is 3.11 Å². The Kier molecular flexibility index (Phi) is 3.35. The van der Waals surface area contributed by atoms with Crippen molar-refractivity contribution in [2.75, 3.05) is 26.3 Å². The minimum absolute atomic E-state index is 0.199. The van der Waals surface area contributed by atoms with Crippen molar-refractivity contribution in [3.63, 3.8) is 0 Å². The third-order valence-electron chi connectivity index (χ3n) is 2.00. The first-order valence-electron chi connectivity index (χ1n) is 3.40. The normalized spacial score (nSPS) is 35.1. The molecule has 2 N–H and O–H groups in total. The van der Waals surface area contributed by atoms with Gasteiger partial charge in [-0.3, -0.25) is 0 Å². The predicted octanol–water partition coefficient (Wildman–Crippen LogP) is -0.131. The van der Waals surface area contributed by atoms with Gasteiger partial charge in [0.1, 0.15) is 0 Å². The van der Waals surface area contributed by atoms with Crippen molar-refractivity contribution < 1.29 is 10.2 Å². The number of nitrogens with zero attached hydrogens (tertiary/aromatic N) is 1. The van der Waals surface area contributed by atoms with Crippen molar-refractivity contribution in [1.82, 2.24) is 3.11 Å². The summed E-state index contributed by atoms with van der Waals surface area (Å²) in [4.78, 5) is 0. The lowest BCUT2D eigenvalue weighted by Crippen LogP contribution is -2.19. The summed E-state index contributed by atoms with van der Waals surface area (Å²) in [6.45, 7) is 2.21. The van der Waals surface area contributed by atoms with Crippen LogP contribution < -0.4 is 0 Å². The average Bonchev–Trinajstić information content (AvgIpc) is 2.30. The van der Waals surface area contributed by atoms with Gasteiger partial charge in [-0.2, -0.15) is 0 Å². The van der Waals surface area contributed by atoms with E-state index in [1.54, 1.807) is 0 Å². The first-order valence-corrected chi connectivity index (χ1v) is 4.37. The number of aliphatic hydroxyl groups excluding tert-OH is 2. The van der Waals surface area contributed by atoms with Gasteiger partial charge >= 0.3 is 0 Å². The van der Waals surface area contributed by atoms with E-state index in [1.807, 2.05) is 0 Å². The summed E-state index contributed by atoms with van der Waals surface area (Å²) < 4.78 is 2.11. The molecule has 0 aromatic carbocycles. The Balaban J connectivity index is 2.41. The van der Waals surface area contributed by atoms with Crippen molar-refractivity contribution in [3.05, 3.63) is 0 Å². The first kappa shape index (κ1) is 8.70. The number of hydrogen-bond donors (Lipinski definition) is 2.